The lowest BCUT2D eigenvalue weighted by Gasteiger charge is -2.21. The highest BCUT2D eigenvalue weighted by Gasteiger charge is 2.15. The lowest BCUT2D eigenvalue weighted by Crippen LogP contribution is -2.34. The number of nitriles is 1. The fraction of sp³-hybridized carbons (Fsp3) is 0.400. The second kappa shape index (κ2) is 9.49. The van der Waals surface area contributed by atoms with E-state index in [1.807, 2.05) is 6.07 Å². The number of carbonyl (C=O) groups is 1. The zero-order valence-electron chi connectivity index (χ0n) is 11.9. The summed E-state index contributed by atoms with van der Waals surface area (Å²) in [5, 5.41) is 17.3. The van der Waals surface area contributed by atoms with Crippen LogP contribution in [0.5, 0.6) is 0 Å². The number of aliphatic hydroxyl groups is 1. The van der Waals surface area contributed by atoms with Crippen molar-refractivity contribution in [1.29, 1.82) is 5.26 Å². The number of methoxy groups -OCH3 is 1. The first-order chi connectivity index (χ1) is 10.2. The number of hydrogen-bond donors (Lipinski definition) is 1. The molecule has 0 aliphatic heterocycles. The van der Waals surface area contributed by atoms with Gasteiger partial charge in [-0.1, -0.05) is 11.8 Å². The fourth-order valence-corrected chi connectivity index (χ4v) is 1.65. The Kier molecular flexibility index (Phi) is 7.52. The highest BCUT2D eigenvalue weighted by atomic mass is 16.5. The number of hydrogen-bond acceptors (Lipinski definition) is 5. The van der Waals surface area contributed by atoms with Crippen LogP contribution in [0.15, 0.2) is 18.5 Å². The van der Waals surface area contributed by atoms with Crippen molar-refractivity contribution in [2.24, 2.45) is 0 Å². The minimum absolute atomic E-state index is 0.220. The summed E-state index contributed by atoms with van der Waals surface area (Å²) in [6.07, 6.45) is 3.24. The molecule has 0 fully saturated rings. The molecule has 0 unspecified atom stereocenters. The third-order valence-electron chi connectivity index (χ3n) is 2.64. The summed E-state index contributed by atoms with van der Waals surface area (Å²) in [5.41, 5.74) is 0.954. The van der Waals surface area contributed by atoms with E-state index in [9.17, 15) is 4.79 Å². The Hall–Kier alpha value is -2.41. The molecule has 0 saturated heterocycles. The maximum Gasteiger partial charge on any atom is 0.255 e. The summed E-state index contributed by atoms with van der Waals surface area (Å²) < 4.78 is 4.97. The summed E-state index contributed by atoms with van der Waals surface area (Å²) in [7, 11) is 1.56. The van der Waals surface area contributed by atoms with Gasteiger partial charge in [-0.05, 0) is 6.07 Å². The molecule has 1 N–H and O–H groups in total. The minimum atomic E-state index is -0.250. The number of ether oxygens (including phenoxy) is 1. The Morgan fingerprint density at radius 2 is 2.29 bits per heavy atom. The number of rotatable bonds is 6. The summed E-state index contributed by atoms with van der Waals surface area (Å²) >= 11 is 0. The molecule has 1 aromatic rings. The average Bonchev–Trinajstić information content (AvgIpc) is 2.53. The van der Waals surface area contributed by atoms with Crippen molar-refractivity contribution in [2.45, 2.75) is 6.42 Å². The van der Waals surface area contributed by atoms with E-state index in [1.54, 1.807) is 18.1 Å². The predicted molar refractivity (Wildman–Crippen MR) is 76.2 cm³/mol. The van der Waals surface area contributed by atoms with Crippen LogP contribution in [0.25, 0.3) is 0 Å². The molecule has 1 amide bonds. The van der Waals surface area contributed by atoms with Gasteiger partial charge in [-0.25, -0.2) is 0 Å². The van der Waals surface area contributed by atoms with Crippen molar-refractivity contribution in [3.63, 3.8) is 0 Å². The second-order valence-corrected chi connectivity index (χ2v) is 4.12. The molecule has 6 nitrogen and oxygen atoms in total. The normalized spacial score (nSPS) is 9.38. The molecule has 1 aromatic heterocycles. The molecule has 0 aliphatic carbocycles. The number of carbonyl (C=O) groups excluding carboxylic acids is 1. The number of aromatic nitrogens is 1. The third kappa shape index (κ3) is 5.62. The van der Waals surface area contributed by atoms with Gasteiger partial charge in [-0.15, -0.1) is 0 Å². The van der Waals surface area contributed by atoms with E-state index in [1.165, 1.54) is 12.4 Å². The Morgan fingerprint density at radius 1 is 1.48 bits per heavy atom. The molecule has 0 spiro atoms. The summed E-state index contributed by atoms with van der Waals surface area (Å²) in [4.78, 5) is 17.9. The zero-order valence-corrected chi connectivity index (χ0v) is 11.9. The number of aliphatic hydroxyl groups excluding tert-OH is 1. The third-order valence-corrected chi connectivity index (χ3v) is 2.64. The van der Waals surface area contributed by atoms with Gasteiger partial charge in [0, 0.05) is 38.2 Å². The van der Waals surface area contributed by atoms with Gasteiger partial charge in [0.2, 0.25) is 0 Å². The standard InChI is InChI=1S/C15H17N3O3/c1-21-9-7-18(6-3-5-16)15(20)14-10-13(4-2-8-19)11-17-12-14/h10-12,19H,3,6-9H2,1H3. The van der Waals surface area contributed by atoms with Crippen LogP contribution in [0.1, 0.15) is 22.3 Å². The molecule has 0 atom stereocenters. The largest absolute Gasteiger partial charge is 0.384 e. The maximum absolute atomic E-state index is 12.4. The Morgan fingerprint density at radius 3 is 2.95 bits per heavy atom. The van der Waals surface area contributed by atoms with Crippen LogP contribution in [0.3, 0.4) is 0 Å². The van der Waals surface area contributed by atoms with E-state index in [4.69, 9.17) is 15.1 Å². The van der Waals surface area contributed by atoms with Crippen molar-refractivity contribution in [3.8, 4) is 17.9 Å². The topological polar surface area (TPSA) is 86.5 Å². The summed E-state index contributed by atoms with van der Waals surface area (Å²) in [6, 6.07) is 3.64. The highest BCUT2D eigenvalue weighted by molar-refractivity contribution is 5.94. The van der Waals surface area contributed by atoms with Gasteiger partial charge in [0.25, 0.3) is 5.91 Å². The quantitative estimate of drug-likeness (QED) is 0.767. The Balaban J connectivity index is 2.89. The first kappa shape index (κ1) is 16.6. The SMILES string of the molecule is COCCN(CCC#N)C(=O)c1cncc(C#CCO)c1. The van der Waals surface area contributed by atoms with Crippen LogP contribution in [0, 0.1) is 23.2 Å². The van der Waals surface area contributed by atoms with Crippen molar-refractivity contribution >= 4 is 5.91 Å². The summed E-state index contributed by atoms with van der Waals surface area (Å²) in [6.45, 7) is 0.893. The fourth-order valence-electron chi connectivity index (χ4n) is 1.65. The van der Waals surface area contributed by atoms with Gasteiger partial charge < -0.3 is 14.7 Å². The van der Waals surface area contributed by atoms with Gasteiger partial charge in [-0.3, -0.25) is 9.78 Å². The van der Waals surface area contributed by atoms with Crippen molar-refractivity contribution in [1.82, 2.24) is 9.88 Å². The molecule has 0 aromatic carbocycles. The van der Waals surface area contributed by atoms with Crippen LogP contribution in [-0.2, 0) is 4.74 Å². The van der Waals surface area contributed by atoms with Crippen LogP contribution in [0.2, 0.25) is 0 Å². The Bertz CT molecular complexity index is 570. The number of pyridine rings is 1. The first-order valence-corrected chi connectivity index (χ1v) is 6.43. The maximum atomic E-state index is 12.4. The molecule has 110 valence electrons. The molecule has 21 heavy (non-hydrogen) atoms. The van der Waals surface area contributed by atoms with Crippen molar-refractivity contribution < 1.29 is 14.6 Å². The van der Waals surface area contributed by atoms with Gasteiger partial charge >= 0.3 is 0 Å². The minimum Gasteiger partial charge on any atom is -0.384 e. The zero-order chi connectivity index (χ0) is 15.5. The summed E-state index contributed by atoms with van der Waals surface area (Å²) in [5.74, 6) is 4.99. The van der Waals surface area contributed by atoms with E-state index in [2.05, 4.69) is 16.8 Å². The van der Waals surface area contributed by atoms with Gasteiger partial charge in [0.1, 0.15) is 6.61 Å². The van der Waals surface area contributed by atoms with Gasteiger partial charge in [0.15, 0.2) is 0 Å². The Labute approximate surface area is 124 Å². The molecule has 1 rings (SSSR count). The van der Waals surface area contributed by atoms with Gasteiger partial charge in [0.05, 0.1) is 24.7 Å². The number of nitrogens with zero attached hydrogens (tertiary/aromatic N) is 3. The number of amides is 1. The molecular formula is C15H17N3O3. The second-order valence-electron chi connectivity index (χ2n) is 4.12. The molecule has 1 heterocycles. The highest BCUT2D eigenvalue weighted by Crippen LogP contribution is 2.07. The first-order valence-electron chi connectivity index (χ1n) is 6.43. The molecule has 0 saturated carbocycles. The van der Waals surface area contributed by atoms with Crippen molar-refractivity contribution in [2.75, 3.05) is 33.4 Å². The van der Waals surface area contributed by atoms with Crippen LogP contribution in [0.4, 0.5) is 0 Å². The average molecular weight is 287 g/mol. The van der Waals surface area contributed by atoms with Gasteiger partial charge in [-0.2, -0.15) is 5.26 Å². The van der Waals surface area contributed by atoms with E-state index in [0.29, 0.717) is 30.8 Å². The lowest BCUT2D eigenvalue weighted by atomic mass is 10.2. The van der Waals surface area contributed by atoms with Crippen LogP contribution < -0.4 is 0 Å². The van der Waals surface area contributed by atoms with E-state index >= 15 is 0 Å². The smallest absolute Gasteiger partial charge is 0.255 e. The molecule has 6 heteroatoms. The lowest BCUT2D eigenvalue weighted by molar-refractivity contribution is 0.0699. The molecular weight excluding hydrogens is 270 g/mol. The van der Waals surface area contributed by atoms with E-state index < -0.39 is 0 Å². The van der Waals surface area contributed by atoms with E-state index in [0.717, 1.165) is 0 Å². The molecule has 0 bridgehead atoms. The van der Waals surface area contributed by atoms with Crippen LogP contribution in [-0.4, -0.2) is 54.3 Å². The predicted octanol–water partition coefficient (Wildman–Crippen LogP) is 0.428. The molecule has 0 aliphatic rings. The van der Waals surface area contributed by atoms with E-state index in [-0.39, 0.29) is 18.9 Å². The van der Waals surface area contributed by atoms with Crippen LogP contribution >= 0.6 is 0 Å². The monoisotopic (exact) mass is 287 g/mol. The molecule has 0 radical (unpaired) electrons. The van der Waals surface area contributed by atoms with Crippen molar-refractivity contribution in [3.05, 3.63) is 29.6 Å².